The van der Waals surface area contributed by atoms with Crippen molar-refractivity contribution in [3.8, 4) is 0 Å². The van der Waals surface area contributed by atoms with Crippen LogP contribution in [0, 0.1) is 0 Å². The van der Waals surface area contributed by atoms with Gasteiger partial charge in [-0.05, 0) is 83.5 Å². The summed E-state index contributed by atoms with van der Waals surface area (Å²) in [6.45, 7) is 5.56. The molecule has 11 nitrogen and oxygen atoms in total. The fourth-order valence-electron chi connectivity index (χ4n) is 7.90. The number of carbonyl (C=O) groups excluding carboxylic acids is 2. The summed E-state index contributed by atoms with van der Waals surface area (Å²) in [5.41, 5.74) is 0. The number of aliphatic hydroxyl groups excluding tert-OH is 5. The van der Waals surface area contributed by atoms with Gasteiger partial charge in [0.05, 0.1) is 25.4 Å². The van der Waals surface area contributed by atoms with Crippen LogP contribution in [-0.2, 0) is 23.8 Å². The maximum Gasteiger partial charge on any atom is 0.306 e. The fourth-order valence-corrected chi connectivity index (χ4v) is 7.90. The van der Waals surface area contributed by atoms with Crippen LogP contribution >= 0.6 is 0 Å². The van der Waals surface area contributed by atoms with Gasteiger partial charge in [0.2, 0.25) is 5.91 Å². The number of aliphatic hydroxyl groups is 5. The number of esters is 1. The molecule has 1 fully saturated rings. The maximum absolute atomic E-state index is 13.3. The molecule has 1 rings (SSSR count). The Kier molecular flexibility index (Phi) is 42.5. The molecule has 6 N–H and O–H groups in total. The number of carbonyl (C=O) groups is 2. The molecule has 0 saturated carbocycles. The number of allylic oxidation sites excluding steroid dienone is 13. The quantitative estimate of drug-likeness (QED) is 0.0196. The van der Waals surface area contributed by atoms with Gasteiger partial charge in [0.1, 0.15) is 24.4 Å². The van der Waals surface area contributed by atoms with E-state index in [0.717, 1.165) is 83.5 Å². The zero-order valence-electron chi connectivity index (χ0n) is 43.4. The van der Waals surface area contributed by atoms with Crippen LogP contribution in [0.5, 0.6) is 0 Å². The summed E-state index contributed by atoms with van der Waals surface area (Å²) in [6.07, 6.45) is 47.8. The first-order valence-electron chi connectivity index (χ1n) is 27.4. The van der Waals surface area contributed by atoms with E-state index in [0.29, 0.717) is 19.3 Å². The Labute approximate surface area is 419 Å². The summed E-state index contributed by atoms with van der Waals surface area (Å²) in [5.74, 6) is -1.27. The molecule has 1 saturated heterocycles. The van der Waals surface area contributed by atoms with Gasteiger partial charge in [-0.3, -0.25) is 9.59 Å². The van der Waals surface area contributed by atoms with E-state index < -0.39 is 67.4 Å². The molecule has 0 aliphatic carbocycles. The van der Waals surface area contributed by atoms with E-state index in [1.807, 2.05) is 18.2 Å². The van der Waals surface area contributed by atoms with Crippen LogP contribution in [0.1, 0.15) is 207 Å². The topological polar surface area (TPSA) is 175 Å². The molecule has 0 aromatic carbocycles. The average molecular weight is 970 g/mol. The fraction of sp³-hybridized carbons (Fsp3) is 0.724. The van der Waals surface area contributed by atoms with Crippen molar-refractivity contribution in [2.75, 3.05) is 13.2 Å². The van der Waals surface area contributed by atoms with Crippen LogP contribution in [0.3, 0.4) is 0 Å². The molecule has 8 unspecified atom stereocenters. The highest BCUT2D eigenvalue weighted by molar-refractivity contribution is 5.80. The highest BCUT2D eigenvalue weighted by Crippen LogP contribution is 2.26. The molecule has 0 bridgehead atoms. The summed E-state index contributed by atoms with van der Waals surface area (Å²) in [4.78, 5) is 26.3. The molecule has 396 valence electrons. The number of amides is 1. The van der Waals surface area contributed by atoms with Crippen LogP contribution < -0.4 is 5.32 Å². The normalized spacial score (nSPS) is 20.5. The number of nitrogens with one attached hydrogen (secondary N) is 1. The maximum atomic E-state index is 13.3. The van der Waals surface area contributed by atoms with E-state index in [4.69, 9.17) is 14.2 Å². The Bertz CT molecular complexity index is 1440. The molecule has 1 aliphatic heterocycles. The zero-order chi connectivity index (χ0) is 50.4. The third kappa shape index (κ3) is 34.7. The van der Waals surface area contributed by atoms with Gasteiger partial charge in [-0.25, -0.2) is 0 Å². The predicted octanol–water partition coefficient (Wildman–Crippen LogP) is 11.8. The Hall–Kier alpha value is -3.16. The third-order valence-electron chi connectivity index (χ3n) is 12.3. The first-order valence-corrected chi connectivity index (χ1v) is 27.4. The number of unbranched alkanes of at least 4 members (excludes halogenated alkanes) is 18. The second-order valence-corrected chi connectivity index (χ2v) is 18.6. The van der Waals surface area contributed by atoms with Crippen molar-refractivity contribution in [3.05, 3.63) is 85.1 Å². The monoisotopic (exact) mass is 970 g/mol. The lowest BCUT2D eigenvalue weighted by atomic mass is 9.99. The minimum absolute atomic E-state index is 0.0407. The van der Waals surface area contributed by atoms with Crippen molar-refractivity contribution in [1.29, 1.82) is 0 Å². The smallest absolute Gasteiger partial charge is 0.306 e. The lowest BCUT2D eigenvalue weighted by Crippen LogP contribution is -2.61. The standard InChI is InChI=1S/C58H99NO10/c1-4-7-10-13-16-19-22-24-25-26-27-29-31-34-37-40-43-46-53(63)69-56-55(65)54(64)52(47-60)68-58(56)67-48-49(50(61)44-41-38-35-33-30-28-23-20-17-14-11-8-5-2)59-57(66)51(62)45-42-39-36-32-21-18-15-12-9-6-3/h7,10,15-16,18-19,24-25,27,29,34,37,41,44,49-52,54-56,58,60-62,64-65H,4-6,8-9,11-14,17,20-23,26,28,30-33,35-36,38-40,42-43,45-48H2,1-3H3,(H,59,66)/b10-7-,18-15-,19-16-,25-24-,29-27-,37-34-,44-41+. The third-order valence-corrected chi connectivity index (χ3v) is 12.3. The zero-order valence-corrected chi connectivity index (χ0v) is 43.4. The van der Waals surface area contributed by atoms with Gasteiger partial charge in [-0.1, -0.05) is 202 Å². The molecule has 1 heterocycles. The first kappa shape index (κ1) is 63.9. The molecule has 1 amide bonds. The largest absolute Gasteiger partial charge is 0.454 e. The van der Waals surface area contributed by atoms with E-state index >= 15 is 0 Å². The SMILES string of the molecule is CC/C=C\C/C=C\C/C=C\C/C=C\C/C=C\CCCC(=O)OC1C(OCC(NC(=O)C(O)CCCCCC/C=C\CCCC)C(O)/C=C/CCCCCCCCCCCCC)OC(CO)C(O)C1O. The van der Waals surface area contributed by atoms with Crippen LogP contribution in [0.25, 0.3) is 0 Å². The van der Waals surface area contributed by atoms with E-state index in [-0.39, 0.29) is 19.4 Å². The van der Waals surface area contributed by atoms with E-state index in [2.05, 4.69) is 86.8 Å². The minimum atomic E-state index is -1.64. The van der Waals surface area contributed by atoms with Gasteiger partial charge < -0.3 is 45.1 Å². The van der Waals surface area contributed by atoms with Gasteiger partial charge in [-0.15, -0.1) is 0 Å². The van der Waals surface area contributed by atoms with Crippen molar-refractivity contribution in [1.82, 2.24) is 5.32 Å². The Balaban J connectivity index is 2.80. The Morgan fingerprint density at radius 3 is 1.62 bits per heavy atom. The lowest BCUT2D eigenvalue weighted by Gasteiger charge is -2.41. The minimum Gasteiger partial charge on any atom is -0.454 e. The number of hydrogen-bond acceptors (Lipinski definition) is 10. The number of rotatable bonds is 44. The summed E-state index contributed by atoms with van der Waals surface area (Å²) in [6, 6.07) is -1.04. The van der Waals surface area contributed by atoms with E-state index in [1.165, 1.54) is 70.6 Å². The van der Waals surface area contributed by atoms with Crippen LogP contribution in [0.2, 0.25) is 0 Å². The summed E-state index contributed by atoms with van der Waals surface area (Å²) < 4.78 is 17.5. The molecule has 8 atom stereocenters. The van der Waals surface area contributed by atoms with Crippen molar-refractivity contribution in [3.63, 3.8) is 0 Å². The van der Waals surface area contributed by atoms with Gasteiger partial charge in [0.15, 0.2) is 12.4 Å². The molecular formula is C58H99NO10. The number of hydrogen-bond donors (Lipinski definition) is 6. The van der Waals surface area contributed by atoms with E-state index in [9.17, 15) is 35.1 Å². The second-order valence-electron chi connectivity index (χ2n) is 18.6. The van der Waals surface area contributed by atoms with Crippen molar-refractivity contribution in [2.45, 2.75) is 256 Å². The predicted molar refractivity (Wildman–Crippen MR) is 282 cm³/mol. The Morgan fingerprint density at radius 1 is 0.580 bits per heavy atom. The average Bonchev–Trinajstić information content (AvgIpc) is 3.34. The van der Waals surface area contributed by atoms with Crippen molar-refractivity contribution < 1.29 is 49.3 Å². The molecular weight excluding hydrogens is 871 g/mol. The van der Waals surface area contributed by atoms with Crippen molar-refractivity contribution in [2.24, 2.45) is 0 Å². The highest BCUT2D eigenvalue weighted by atomic mass is 16.7. The van der Waals surface area contributed by atoms with Crippen LogP contribution in [0.4, 0.5) is 0 Å². The summed E-state index contributed by atoms with van der Waals surface area (Å²) in [7, 11) is 0. The number of ether oxygens (including phenoxy) is 3. The van der Waals surface area contributed by atoms with Crippen LogP contribution in [-0.4, -0.2) is 99.6 Å². The molecule has 0 aromatic rings. The molecule has 0 radical (unpaired) electrons. The lowest BCUT2D eigenvalue weighted by molar-refractivity contribution is -0.305. The van der Waals surface area contributed by atoms with E-state index in [1.54, 1.807) is 6.08 Å². The van der Waals surface area contributed by atoms with Gasteiger partial charge in [0, 0.05) is 6.42 Å². The molecule has 69 heavy (non-hydrogen) atoms. The first-order chi connectivity index (χ1) is 33.7. The summed E-state index contributed by atoms with van der Waals surface area (Å²) in [5, 5.41) is 56.6. The van der Waals surface area contributed by atoms with Gasteiger partial charge >= 0.3 is 5.97 Å². The van der Waals surface area contributed by atoms with Crippen LogP contribution in [0.15, 0.2) is 85.1 Å². The molecule has 0 aromatic heterocycles. The van der Waals surface area contributed by atoms with Gasteiger partial charge in [-0.2, -0.15) is 0 Å². The summed E-state index contributed by atoms with van der Waals surface area (Å²) >= 11 is 0. The Morgan fingerprint density at radius 2 is 1.06 bits per heavy atom. The van der Waals surface area contributed by atoms with Crippen molar-refractivity contribution >= 4 is 11.9 Å². The second kappa shape index (κ2) is 45.9. The molecule has 11 heteroatoms. The van der Waals surface area contributed by atoms with Gasteiger partial charge in [0.25, 0.3) is 0 Å². The molecule has 0 spiro atoms. The molecule has 1 aliphatic rings. The highest BCUT2D eigenvalue weighted by Gasteiger charge is 2.47.